The minimum Gasteiger partial charge on any atom is -0.497 e. The standard InChI is InChI=1S/C18H18FNO5/c1-11(17(21)20-13-6-4-12(19)5-7-13)25-18(22)15-10-14(23-2)8-9-16(15)24-3/h4-11H,1-3H3,(H,20,21)/t11-/m1/s1. The molecule has 25 heavy (non-hydrogen) atoms. The van der Waals surface area contributed by atoms with E-state index in [2.05, 4.69) is 5.32 Å². The summed E-state index contributed by atoms with van der Waals surface area (Å²) in [6.07, 6.45) is -1.06. The summed E-state index contributed by atoms with van der Waals surface area (Å²) in [4.78, 5) is 24.4. The molecule has 0 aromatic heterocycles. The molecular formula is C18H18FNO5. The van der Waals surface area contributed by atoms with Gasteiger partial charge in [0.15, 0.2) is 6.10 Å². The van der Waals surface area contributed by atoms with E-state index in [0.717, 1.165) is 0 Å². The highest BCUT2D eigenvalue weighted by atomic mass is 19.1. The smallest absolute Gasteiger partial charge is 0.342 e. The van der Waals surface area contributed by atoms with Crippen LogP contribution in [0.5, 0.6) is 11.5 Å². The maximum absolute atomic E-state index is 12.9. The Hall–Kier alpha value is -3.09. The Kier molecular flexibility index (Phi) is 5.94. The fourth-order valence-electron chi connectivity index (χ4n) is 2.03. The third-order valence-electron chi connectivity index (χ3n) is 3.39. The van der Waals surface area contributed by atoms with Crippen LogP contribution in [0.2, 0.25) is 0 Å². The van der Waals surface area contributed by atoms with Gasteiger partial charge in [0.25, 0.3) is 5.91 Å². The second kappa shape index (κ2) is 8.14. The first-order valence-corrected chi connectivity index (χ1v) is 7.44. The molecule has 0 aliphatic heterocycles. The molecule has 1 atom stereocenters. The Bertz CT molecular complexity index is 761. The fourth-order valence-corrected chi connectivity index (χ4v) is 2.03. The minimum absolute atomic E-state index is 0.142. The number of amides is 1. The highest BCUT2D eigenvalue weighted by molar-refractivity contribution is 5.98. The van der Waals surface area contributed by atoms with Gasteiger partial charge in [-0.25, -0.2) is 9.18 Å². The second-order valence-corrected chi connectivity index (χ2v) is 5.11. The first-order chi connectivity index (χ1) is 11.9. The molecule has 0 saturated heterocycles. The number of esters is 1. The van der Waals surface area contributed by atoms with Crippen molar-refractivity contribution in [1.82, 2.24) is 0 Å². The zero-order valence-corrected chi connectivity index (χ0v) is 14.0. The third-order valence-corrected chi connectivity index (χ3v) is 3.39. The van der Waals surface area contributed by atoms with Gasteiger partial charge in [-0.3, -0.25) is 4.79 Å². The van der Waals surface area contributed by atoms with E-state index < -0.39 is 23.8 Å². The monoisotopic (exact) mass is 347 g/mol. The fraction of sp³-hybridized carbons (Fsp3) is 0.222. The minimum atomic E-state index is -1.06. The summed E-state index contributed by atoms with van der Waals surface area (Å²) < 4.78 is 28.2. The molecule has 2 aromatic carbocycles. The van der Waals surface area contributed by atoms with Gasteiger partial charge in [-0.2, -0.15) is 0 Å². The zero-order valence-electron chi connectivity index (χ0n) is 14.0. The van der Waals surface area contributed by atoms with E-state index in [-0.39, 0.29) is 5.56 Å². The van der Waals surface area contributed by atoms with Crippen LogP contribution >= 0.6 is 0 Å². The molecule has 6 nitrogen and oxygen atoms in total. The molecule has 0 aliphatic rings. The molecule has 2 aromatic rings. The summed E-state index contributed by atoms with van der Waals surface area (Å²) >= 11 is 0. The normalized spacial score (nSPS) is 11.4. The Balaban J connectivity index is 2.06. The summed E-state index contributed by atoms with van der Waals surface area (Å²) in [7, 11) is 2.89. The molecule has 1 N–H and O–H groups in total. The van der Waals surface area contributed by atoms with Crippen LogP contribution in [-0.2, 0) is 9.53 Å². The topological polar surface area (TPSA) is 73.9 Å². The molecule has 0 spiro atoms. The lowest BCUT2D eigenvalue weighted by Crippen LogP contribution is -2.30. The number of ether oxygens (including phenoxy) is 3. The number of benzene rings is 2. The molecule has 0 fully saturated rings. The molecule has 2 rings (SSSR count). The highest BCUT2D eigenvalue weighted by Gasteiger charge is 2.22. The van der Waals surface area contributed by atoms with E-state index in [9.17, 15) is 14.0 Å². The Labute approximate surface area is 144 Å². The summed E-state index contributed by atoms with van der Waals surface area (Å²) in [5.41, 5.74) is 0.538. The van der Waals surface area contributed by atoms with Crippen molar-refractivity contribution < 1.29 is 28.2 Å². The average Bonchev–Trinajstić information content (AvgIpc) is 2.62. The lowest BCUT2D eigenvalue weighted by molar-refractivity contribution is -0.123. The predicted molar refractivity (Wildman–Crippen MR) is 89.5 cm³/mol. The van der Waals surface area contributed by atoms with E-state index >= 15 is 0 Å². The van der Waals surface area contributed by atoms with Crippen LogP contribution in [0.15, 0.2) is 42.5 Å². The number of halogens is 1. The summed E-state index contributed by atoms with van der Waals surface area (Å²) in [6.45, 7) is 1.43. The van der Waals surface area contributed by atoms with Crippen molar-refractivity contribution in [2.75, 3.05) is 19.5 Å². The number of carbonyl (C=O) groups is 2. The molecule has 0 bridgehead atoms. The van der Waals surface area contributed by atoms with Crippen LogP contribution in [0.4, 0.5) is 10.1 Å². The van der Waals surface area contributed by atoms with Crippen molar-refractivity contribution in [1.29, 1.82) is 0 Å². The van der Waals surface area contributed by atoms with Gasteiger partial charge in [0.05, 0.1) is 14.2 Å². The lowest BCUT2D eigenvalue weighted by atomic mass is 10.2. The van der Waals surface area contributed by atoms with E-state index in [1.165, 1.54) is 51.5 Å². The maximum Gasteiger partial charge on any atom is 0.342 e. The van der Waals surface area contributed by atoms with Gasteiger partial charge in [-0.15, -0.1) is 0 Å². The summed E-state index contributed by atoms with van der Waals surface area (Å²) in [5, 5.41) is 2.54. The number of carbonyl (C=O) groups excluding carboxylic acids is 2. The van der Waals surface area contributed by atoms with Crippen LogP contribution in [0, 0.1) is 5.82 Å². The Morgan fingerprint density at radius 2 is 1.72 bits per heavy atom. The Morgan fingerprint density at radius 3 is 2.32 bits per heavy atom. The quantitative estimate of drug-likeness (QED) is 0.813. The van der Waals surface area contributed by atoms with Crippen molar-refractivity contribution >= 4 is 17.6 Å². The SMILES string of the molecule is COc1ccc(OC)c(C(=O)O[C@H](C)C(=O)Nc2ccc(F)cc2)c1. The number of methoxy groups -OCH3 is 2. The number of nitrogens with one attached hydrogen (secondary N) is 1. The number of hydrogen-bond acceptors (Lipinski definition) is 5. The van der Waals surface area contributed by atoms with Gasteiger partial charge >= 0.3 is 5.97 Å². The van der Waals surface area contributed by atoms with Crippen molar-refractivity contribution in [2.45, 2.75) is 13.0 Å². The van der Waals surface area contributed by atoms with Crippen LogP contribution in [0.25, 0.3) is 0 Å². The first kappa shape index (κ1) is 18.3. The zero-order chi connectivity index (χ0) is 18.4. The van der Waals surface area contributed by atoms with Gasteiger partial charge in [-0.1, -0.05) is 0 Å². The van der Waals surface area contributed by atoms with Crippen molar-refractivity contribution in [3.8, 4) is 11.5 Å². The average molecular weight is 347 g/mol. The number of anilines is 1. The summed E-state index contributed by atoms with van der Waals surface area (Å²) in [5.74, 6) is -0.921. The molecular weight excluding hydrogens is 329 g/mol. The molecule has 1 amide bonds. The van der Waals surface area contributed by atoms with Crippen molar-refractivity contribution in [2.24, 2.45) is 0 Å². The summed E-state index contributed by atoms with van der Waals surface area (Å²) in [6, 6.07) is 9.92. The molecule has 0 aliphatic carbocycles. The van der Waals surface area contributed by atoms with Gasteiger partial charge in [0, 0.05) is 5.69 Å². The molecule has 7 heteroatoms. The molecule has 132 valence electrons. The van der Waals surface area contributed by atoms with Gasteiger partial charge in [0.1, 0.15) is 22.9 Å². The van der Waals surface area contributed by atoms with E-state index in [1.807, 2.05) is 0 Å². The van der Waals surface area contributed by atoms with Crippen molar-refractivity contribution in [3.05, 3.63) is 53.8 Å². The maximum atomic E-state index is 12.9. The van der Waals surface area contributed by atoms with E-state index in [0.29, 0.717) is 17.2 Å². The van der Waals surface area contributed by atoms with Gasteiger partial charge in [-0.05, 0) is 49.4 Å². The third kappa shape index (κ3) is 4.69. The largest absolute Gasteiger partial charge is 0.497 e. The molecule has 0 saturated carbocycles. The molecule has 0 unspecified atom stereocenters. The van der Waals surface area contributed by atoms with Crippen LogP contribution in [0.3, 0.4) is 0 Å². The lowest BCUT2D eigenvalue weighted by Gasteiger charge is -2.15. The van der Waals surface area contributed by atoms with Crippen LogP contribution < -0.4 is 14.8 Å². The van der Waals surface area contributed by atoms with E-state index in [4.69, 9.17) is 14.2 Å². The van der Waals surface area contributed by atoms with Crippen LogP contribution in [0.1, 0.15) is 17.3 Å². The molecule has 0 radical (unpaired) electrons. The number of hydrogen-bond donors (Lipinski definition) is 1. The van der Waals surface area contributed by atoms with E-state index in [1.54, 1.807) is 12.1 Å². The first-order valence-electron chi connectivity index (χ1n) is 7.44. The van der Waals surface area contributed by atoms with Crippen molar-refractivity contribution in [3.63, 3.8) is 0 Å². The van der Waals surface area contributed by atoms with Gasteiger partial charge < -0.3 is 19.5 Å². The molecule has 0 heterocycles. The highest BCUT2D eigenvalue weighted by Crippen LogP contribution is 2.25. The number of rotatable bonds is 6. The predicted octanol–water partition coefficient (Wildman–Crippen LogP) is 3.03. The van der Waals surface area contributed by atoms with Gasteiger partial charge in [0.2, 0.25) is 0 Å². The Morgan fingerprint density at radius 1 is 1.04 bits per heavy atom. The second-order valence-electron chi connectivity index (χ2n) is 5.11. The van der Waals surface area contributed by atoms with Crippen LogP contribution in [-0.4, -0.2) is 32.2 Å².